The number of ether oxygens (including phenoxy) is 2. The highest BCUT2D eigenvalue weighted by Crippen LogP contribution is 2.69. The Kier molecular flexibility index (Phi) is 3.16. The van der Waals surface area contributed by atoms with E-state index in [4.69, 9.17) is 9.47 Å². The van der Waals surface area contributed by atoms with E-state index in [1.54, 1.807) is 0 Å². The number of esters is 2. The summed E-state index contributed by atoms with van der Waals surface area (Å²) in [5.74, 6) is -1.69. The Labute approximate surface area is 152 Å². The molecule has 6 heteroatoms. The minimum absolute atomic E-state index is 0.0792. The second-order valence-electron chi connectivity index (χ2n) is 9.56. The lowest BCUT2D eigenvalue weighted by atomic mass is 9.44. The monoisotopic (exact) mass is 362 g/mol. The van der Waals surface area contributed by atoms with Gasteiger partial charge in [-0.15, -0.1) is 0 Å². The van der Waals surface area contributed by atoms with Crippen molar-refractivity contribution >= 4 is 11.9 Å². The highest BCUT2D eigenvalue weighted by molar-refractivity contribution is 5.83. The van der Waals surface area contributed by atoms with Crippen molar-refractivity contribution in [2.24, 2.45) is 34.0 Å². The van der Waals surface area contributed by atoms with Gasteiger partial charge in [-0.05, 0) is 37.2 Å². The van der Waals surface area contributed by atoms with Gasteiger partial charge in [0.05, 0.1) is 31.3 Å². The molecule has 0 unspecified atom stereocenters. The van der Waals surface area contributed by atoms with Crippen molar-refractivity contribution in [1.29, 1.82) is 0 Å². The predicted molar refractivity (Wildman–Crippen MR) is 89.6 cm³/mol. The molecule has 5 aliphatic rings. The lowest BCUT2D eigenvalue weighted by Gasteiger charge is -2.60. The Morgan fingerprint density at radius 1 is 1.15 bits per heavy atom. The molecule has 0 aromatic rings. The largest absolute Gasteiger partial charge is 0.465 e. The van der Waals surface area contributed by atoms with Crippen molar-refractivity contribution in [1.82, 2.24) is 0 Å². The summed E-state index contributed by atoms with van der Waals surface area (Å²) in [6.07, 6.45) is 1.62. The Bertz CT molecular complexity index is 717. The van der Waals surface area contributed by atoms with Crippen LogP contribution in [0.3, 0.4) is 0 Å². The predicted octanol–water partition coefficient (Wildman–Crippen LogP) is 1.20. The van der Waals surface area contributed by atoms with Crippen LogP contribution in [0.1, 0.15) is 39.0 Å². The minimum atomic E-state index is -1.18. The highest BCUT2D eigenvalue weighted by atomic mass is 16.5. The van der Waals surface area contributed by atoms with Crippen LogP contribution >= 0.6 is 0 Å². The fraction of sp³-hybridized carbons (Fsp3) is 0.800. The van der Waals surface area contributed by atoms with Crippen LogP contribution in [0.2, 0.25) is 0 Å². The zero-order valence-electron chi connectivity index (χ0n) is 15.1. The molecule has 5 rings (SSSR count). The maximum absolute atomic E-state index is 12.9. The molecule has 26 heavy (non-hydrogen) atoms. The molecule has 5 fully saturated rings. The van der Waals surface area contributed by atoms with Gasteiger partial charge >= 0.3 is 11.9 Å². The molecule has 3 saturated carbocycles. The SMILES string of the molecule is C=C1[C@@H]2C[C@@H](O)[C@H]3[C@@]4(CCC[C@@]5(C)COC(=O)[C@H]54)COC(=O)[C@]3(C2)[C@@H]1O. The first-order valence-electron chi connectivity index (χ1n) is 9.65. The van der Waals surface area contributed by atoms with Gasteiger partial charge in [-0.25, -0.2) is 0 Å². The molecule has 2 saturated heterocycles. The van der Waals surface area contributed by atoms with Crippen LogP contribution in [0.4, 0.5) is 0 Å². The fourth-order valence-corrected chi connectivity index (χ4v) is 7.44. The third kappa shape index (κ3) is 1.66. The molecule has 0 amide bonds. The third-order valence-electron chi connectivity index (χ3n) is 8.33. The first-order valence-corrected chi connectivity index (χ1v) is 9.65. The zero-order chi connectivity index (χ0) is 18.5. The van der Waals surface area contributed by atoms with E-state index in [1.807, 2.05) is 0 Å². The molecule has 0 radical (unpaired) electrons. The van der Waals surface area contributed by atoms with Crippen LogP contribution in [0, 0.1) is 34.0 Å². The first-order chi connectivity index (χ1) is 12.3. The van der Waals surface area contributed by atoms with Gasteiger partial charge in [0, 0.05) is 16.7 Å². The van der Waals surface area contributed by atoms with Crippen molar-refractivity contribution in [3.63, 3.8) is 0 Å². The number of hydrogen-bond donors (Lipinski definition) is 2. The first kappa shape index (κ1) is 16.8. The van der Waals surface area contributed by atoms with E-state index in [0.717, 1.165) is 12.8 Å². The fourth-order valence-electron chi connectivity index (χ4n) is 7.44. The normalized spacial score (nSPS) is 55.3. The Balaban J connectivity index is 1.70. The third-order valence-corrected chi connectivity index (χ3v) is 8.33. The molecule has 2 N–H and O–H groups in total. The summed E-state index contributed by atoms with van der Waals surface area (Å²) < 4.78 is 11.1. The van der Waals surface area contributed by atoms with Crippen LogP contribution < -0.4 is 0 Å². The minimum Gasteiger partial charge on any atom is -0.465 e. The molecular weight excluding hydrogens is 336 g/mol. The van der Waals surface area contributed by atoms with E-state index in [1.165, 1.54) is 0 Å². The van der Waals surface area contributed by atoms with Crippen LogP contribution in [-0.2, 0) is 19.1 Å². The van der Waals surface area contributed by atoms with E-state index < -0.39 is 40.8 Å². The van der Waals surface area contributed by atoms with E-state index in [0.29, 0.717) is 31.4 Å². The standard InChI is InChI=1S/C20H26O6/c1-10-11-6-12(21)13-19(9-26-17(24)20(13,7-11)15(10)22)5-3-4-18(2)8-25-16(23)14(18)19/h11-15,21-22H,1,3-9H2,2H3/t11-,12-,13+,14-,15-,18+,19-,20+/m1/s1. The van der Waals surface area contributed by atoms with Crippen molar-refractivity contribution in [3.8, 4) is 0 Å². The molecule has 2 heterocycles. The number of aliphatic hydroxyl groups excluding tert-OH is 2. The van der Waals surface area contributed by atoms with Gasteiger partial charge in [0.25, 0.3) is 0 Å². The van der Waals surface area contributed by atoms with Gasteiger partial charge in [0.2, 0.25) is 0 Å². The molecule has 142 valence electrons. The summed E-state index contributed by atoms with van der Waals surface area (Å²) in [6.45, 7) is 6.56. The maximum Gasteiger partial charge on any atom is 0.315 e. The van der Waals surface area contributed by atoms with Gasteiger partial charge in [-0.2, -0.15) is 0 Å². The summed E-state index contributed by atoms with van der Waals surface area (Å²) in [4.78, 5) is 25.7. The highest BCUT2D eigenvalue weighted by Gasteiger charge is 2.75. The van der Waals surface area contributed by atoms with Crippen molar-refractivity contribution in [2.75, 3.05) is 13.2 Å². The smallest absolute Gasteiger partial charge is 0.315 e. The van der Waals surface area contributed by atoms with Crippen LogP contribution in [0.25, 0.3) is 0 Å². The number of rotatable bonds is 0. The molecule has 8 atom stereocenters. The van der Waals surface area contributed by atoms with Crippen molar-refractivity contribution < 1.29 is 29.3 Å². The second-order valence-corrected chi connectivity index (χ2v) is 9.56. The van der Waals surface area contributed by atoms with Gasteiger partial charge in [0.1, 0.15) is 5.41 Å². The quantitative estimate of drug-likeness (QED) is 0.497. The van der Waals surface area contributed by atoms with Gasteiger partial charge < -0.3 is 19.7 Å². The van der Waals surface area contributed by atoms with E-state index >= 15 is 0 Å². The maximum atomic E-state index is 12.9. The van der Waals surface area contributed by atoms with Gasteiger partial charge in [0.15, 0.2) is 0 Å². The van der Waals surface area contributed by atoms with E-state index in [-0.39, 0.29) is 23.9 Å². The number of carbonyl (C=O) groups excluding carboxylic acids is 2. The molecule has 6 nitrogen and oxygen atoms in total. The lowest BCUT2D eigenvalue weighted by Crippen LogP contribution is -2.67. The average Bonchev–Trinajstić information content (AvgIpc) is 3.01. The van der Waals surface area contributed by atoms with Gasteiger partial charge in [-0.1, -0.05) is 19.9 Å². The second kappa shape index (κ2) is 4.90. The summed E-state index contributed by atoms with van der Waals surface area (Å²) in [5, 5.41) is 22.1. The molecule has 2 spiro atoms. The lowest BCUT2D eigenvalue weighted by molar-refractivity contribution is -0.238. The van der Waals surface area contributed by atoms with E-state index in [2.05, 4.69) is 13.5 Å². The average molecular weight is 362 g/mol. The van der Waals surface area contributed by atoms with Crippen LogP contribution in [0.15, 0.2) is 12.2 Å². The number of fused-ring (bicyclic) bond motifs is 4. The molecule has 3 aliphatic carbocycles. The molecular formula is C20H26O6. The number of aliphatic hydroxyl groups is 2. The molecule has 2 bridgehead atoms. The zero-order valence-corrected chi connectivity index (χ0v) is 15.1. The number of hydrogen-bond acceptors (Lipinski definition) is 6. The van der Waals surface area contributed by atoms with Crippen molar-refractivity contribution in [3.05, 3.63) is 12.2 Å². The number of carbonyl (C=O) groups is 2. The Hall–Kier alpha value is -1.40. The Morgan fingerprint density at radius 3 is 2.69 bits per heavy atom. The topological polar surface area (TPSA) is 93.1 Å². The van der Waals surface area contributed by atoms with Crippen LogP contribution in [-0.4, -0.2) is 47.6 Å². The molecule has 0 aromatic carbocycles. The Morgan fingerprint density at radius 2 is 1.92 bits per heavy atom. The van der Waals surface area contributed by atoms with Crippen LogP contribution in [0.5, 0.6) is 0 Å². The summed E-state index contributed by atoms with van der Waals surface area (Å²) in [6, 6.07) is 0. The molecule has 2 aliphatic heterocycles. The number of cyclic esters (lactones) is 2. The molecule has 0 aromatic heterocycles. The van der Waals surface area contributed by atoms with E-state index in [9.17, 15) is 19.8 Å². The summed E-state index contributed by atoms with van der Waals surface area (Å²) in [7, 11) is 0. The van der Waals surface area contributed by atoms with Crippen molar-refractivity contribution in [2.45, 2.75) is 51.2 Å². The summed E-state index contributed by atoms with van der Waals surface area (Å²) in [5.41, 5.74) is -1.55. The van der Waals surface area contributed by atoms with Gasteiger partial charge in [-0.3, -0.25) is 9.59 Å². The summed E-state index contributed by atoms with van der Waals surface area (Å²) >= 11 is 0.